The quantitative estimate of drug-likeness (QED) is 0.170. The molecular formula is C33H34F2N4O5S. The average molecular weight is 637 g/mol. The second kappa shape index (κ2) is 14.6. The Labute approximate surface area is 264 Å². The second-order valence-electron chi connectivity index (χ2n) is 10.2. The maximum Gasteiger partial charge on any atom is 0.269 e. The third-order valence-corrected chi connectivity index (χ3v) is 8.61. The zero-order valence-corrected chi connectivity index (χ0v) is 26.0. The molecule has 2 heterocycles. The van der Waals surface area contributed by atoms with Gasteiger partial charge in [0.2, 0.25) is 0 Å². The third-order valence-electron chi connectivity index (χ3n) is 7.44. The minimum absolute atomic E-state index is 0.0273. The predicted molar refractivity (Wildman–Crippen MR) is 169 cm³/mol. The van der Waals surface area contributed by atoms with Gasteiger partial charge in [-0.15, -0.1) is 11.8 Å². The predicted octanol–water partition coefficient (Wildman–Crippen LogP) is 6.34. The number of ether oxygens (including phenoxy) is 3. The van der Waals surface area contributed by atoms with Crippen LogP contribution in [0.15, 0.2) is 66.9 Å². The van der Waals surface area contributed by atoms with E-state index in [9.17, 15) is 18.4 Å². The van der Waals surface area contributed by atoms with Crippen LogP contribution in [0, 0.1) is 11.6 Å². The number of methoxy groups -OCH3 is 1. The molecule has 45 heavy (non-hydrogen) atoms. The number of nitrogens with one attached hydrogen (secondary N) is 1. The van der Waals surface area contributed by atoms with E-state index in [0.717, 1.165) is 55.0 Å². The second-order valence-corrected chi connectivity index (χ2v) is 11.3. The summed E-state index contributed by atoms with van der Waals surface area (Å²) < 4.78 is 46.6. The minimum Gasteiger partial charge on any atom is -0.493 e. The van der Waals surface area contributed by atoms with Crippen molar-refractivity contribution in [2.75, 3.05) is 39.1 Å². The maximum absolute atomic E-state index is 14.4. The van der Waals surface area contributed by atoms with Crippen molar-refractivity contribution in [2.45, 2.75) is 25.6 Å². The fourth-order valence-electron chi connectivity index (χ4n) is 4.98. The number of benzene rings is 3. The standard InChI is InChI=1S/C33H34F2N4O5S/c1-4-38(5-2)16-7-17-43-29-19-26-23(18-28(29)42-3)27(14-15-36-26)44-22-12-10-21(11-13-22)32(41)37-39-30(40)20-45-33(39)31-24(34)8-6-9-25(31)35/h6,8-15,18-19,33H,4-5,7,16-17,20H2,1-3H3,(H,37,41). The highest BCUT2D eigenvalue weighted by atomic mass is 32.2. The number of nitrogens with zero attached hydrogens (tertiary/aromatic N) is 3. The van der Waals surface area contributed by atoms with Gasteiger partial charge in [-0.2, -0.15) is 0 Å². The topological polar surface area (TPSA) is 93.2 Å². The van der Waals surface area contributed by atoms with Gasteiger partial charge in [0, 0.05) is 29.8 Å². The number of amides is 2. The Balaban J connectivity index is 1.27. The van der Waals surface area contributed by atoms with Crippen LogP contribution in [0.4, 0.5) is 8.78 Å². The first-order chi connectivity index (χ1) is 21.8. The van der Waals surface area contributed by atoms with Crippen LogP contribution in [0.1, 0.15) is 41.6 Å². The number of carbonyl (C=O) groups is 2. The molecule has 1 aromatic heterocycles. The normalized spacial score (nSPS) is 14.7. The summed E-state index contributed by atoms with van der Waals surface area (Å²) in [5.74, 6) is -0.556. The molecule has 0 bridgehead atoms. The van der Waals surface area contributed by atoms with E-state index < -0.39 is 28.8 Å². The molecule has 0 aliphatic carbocycles. The molecule has 4 aromatic rings. The van der Waals surface area contributed by atoms with E-state index in [0.29, 0.717) is 40.5 Å². The number of thioether (sulfide) groups is 1. The van der Waals surface area contributed by atoms with Gasteiger partial charge in [-0.25, -0.2) is 13.8 Å². The van der Waals surface area contributed by atoms with E-state index >= 15 is 0 Å². The SMILES string of the molecule is CCN(CC)CCCOc1cc2nccc(Oc3ccc(C(=O)NN4C(=O)CSC4c4c(F)cccc4F)cc3)c2cc1OC. The Hall–Kier alpha value is -4.42. The van der Waals surface area contributed by atoms with Crippen LogP contribution in [0.25, 0.3) is 10.9 Å². The zero-order valence-electron chi connectivity index (χ0n) is 25.2. The largest absolute Gasteiger partial charge is 0.493 e. The molecule has 1 unspecified atom stereocenters. The van der Waals surface area contributed by atoms with Crippen LogP contribution in [0.3, 0.4) is 0 Å². The summed E-state index contributed by atoms with van der Waals surface area (Å²) in [5.41, 5.74) is 3.11. The van der Waals surface area contributed by atoms with Crippen LogP contribution >= 0.6 is 11.8 Å². The van der Waals surface area contributed by atoms with E-state index in [1.54, 1.807) is 31.5 Å². The molecular weight excluding hydrogens is 602 g/mol. The molecule has 1 atom stereocenters. The molecule has 0 spiro atoms. The van der Waals surface area contributed by atoms with Crippen LogP contribution in [-0.4, -0.2) is 65.8 Å². The van der Waals surface area contributed by atoms with Gasteiger partial charge >= 0.3 is 0 Å². The lowest BCUT2D eigenvalue weighted by atomic mass is 10.1. The van der Waals surface area contributed by atoms with Gasteiger partial charge in [-0.3, -0.25) is 20.0 Å². The number of halogens is 2. The van der Waals surface area contributed by atoms with Crippen LogP contribution in [0.5, 0.6) is 23.0 Å². The average Bonchev–Trinajstić information content (AvgIpc) is 3.40. The summed E-state index contributed by atoms with van der Waals surface area (Å²) in [7, 11) is 1.58. The summed E-state index contributed by atoms with van der Waals surface area (Å²) in [6, 6.07) is 15.1. The molecule has 5 rings (SSSR count). The summed E-state index contributed by atoms with van der Waals surface area (Å²) in [5, 5.41) is 0.655. The lowest BCUT2D eigenvalue weighted by Gasteiger charge is -2.25. The molecule has 1 fully saturated rings. The summed E-state index contributed by atoms with van der Waals surface area (Å²) in [4.78, 5) is 32.3. The summed E-state index contributed by atoms with van der Waals surface area (Å²) in [6.45, 7) is 7.76. The monoisotopic (exact) mass is 636 g/mol. The zero-order chi connectivity index (χ0) is 31.9. The van der Waals surface area contributed by atoms with Crippen molar-refractivity contribution in [3.05, 3.63) is 89.6 Å². The Kier molecular flexibility index (Phi) is 10.4. The first-order valence-corrected chi connectivity index (χ1v) is 15.7. The Bertz CT molecular complexity index is 1650. The van der Waals surface area contributed by atoms with Crippen molar-refractivity contribution >= 4 is 34.5 Å². The van der Waals surface area contributed by atoms with E-state index in [2.05, 4.69) is 29.2 Å². The van der Waals surface area contributed by atoms with Gasteiger partial charge in [0.25, 0.3) is 11.8 Å². The van der Waals surface area contributed by atoms with Crippen molar-refractivity contribution in [1.82, 2.24) is 20.3 Å². The van der Waals surface area contributed by atoms with Gasteiger partial charge in [-0.05, 0) is 68.0 Å². The van der Waals surface area contributed by atoms with E-state index in [-0.39, 0.29) is 16.9 Å². The molecule has 0 saturated carbocycles. The van der Waals surface area contributed by atoms with Crippen LogP contribution in [-0.2, 0) is 4.79 Å². The minimum atomic E-state index is -1.03. The van der Waals surface area contributed by atoms with Gasteiger partial charge < -0.3 is 19.1 Å². The third kappa shape index (κ3) is 7.29. The summed E-state index contributed by atoms with van der Waals surface area (Å²) in [6.07, 6.45) is 2.52. The van der Waals surface area contributed by atoms with Gasteiger partial charge in [0.1, 0.15) is 28.5 Å². The number of hydrogen-bond donors (Lipinski definition) is 1. The molecule has 9 nitrogen and oxygen atoms in total. The fraction of sp³-hybridized carbons (Fsp3) is 0.303. The highest BCUT2D eigenvalue weighted by Gasteiger charge is 2.37. The fourth-order valence-corrected chi connectivity index (χ4v) is 6.13. The van der Waals surface area contributed by atoms with Crippen molar-refractivity contribution < 1.29 is 32.6 Å². The molecule has 0 radical (unpaired) electrons. The Morgan fingerprint density at radius 1 is 1.04 bits per heavy atom. The Morgan fingerprint density at radius 2 is 1.78 bits per heavy atom. The molecule has 1 aliphatic rings. The first kappa shape index (κ1) is 32.0. The van der Waals surface area contributed by atoms with Crippen LogP contribution in [0.2, 0.25) is 0 Å². The molecule has 1 aliphatic heterocycles. The maximum atomic E-state index is 14.4. The lowest BCUT2D eigenvalue weighted by molar-refractivity contribution is -0.130. The van der Waals surface area contributed by atoms with E-state index in [1.165, 1.54) is 18.2 Å². The smallest absolute Gasteiger partial charge is 0.269 e. The highest BCUT2D eigenvalue weighted by Crippen LogP contribution is 2.40. The van der Waals surface area contributed by atoms with Gasteiger partial charge in [-0.1, -0.05) is 19.9 Å². The van der Waals surface area contributed by atoms with E-state index in [4.69, 9.17) is 14.2 Å². The number of fused-ring (bicyclic) bond motifs is 1. The number of carbonyl (C=O) groups excluding carboxylic acids is 2. The number of aromatic nitrogens is 1. The van der Waals surface area contributed by atoms with Crippen molar-refractivity contribution in [1.29, 1.82) is 0 Å². The van der Waals surface area contributed by atoms with Gasteiger partial charge in [0.15, 0.2) is 11.5 Å². The summed E-state index contributed by atoms with van der Waals surface area (Å²) >= 11 is 1.03. The van der Waals surface area contributed by atoms with Crippen molar-refractivity contribution in [3.8, 4) is 23.0 Å². The van der Waals surface area contributed by atoms with Crippen LogP contribution < -0.4 is 19.6 Å². The number of hydrogen-bond acceptors (Lipinski definition) is 8. The van der Waals surface area contributed by atoms with Crippen molar-refractivity contribution in [3.63, 3.8) is 0 Å². The molecule has 1 saturated heterocycles. The molecule has 3 aromatic carbocycles. The highest BCUT2D eigenvalue weighted by molar-refractivity contribution is 8.00. The van der Waals surface area contributed by atoms with E-state index in [1.807, 2.05) is 12.1 Å². The molecule has 2 amide bonds. The number of pyridine rings is 1. The first-order valence-electron chi connectivity index (χ1n) is 14.6. The number of hydrazine groups is 1. The number of rotatable bonds is 13. The molecule has 12 heteroatoms. The Morgan fingerprint density at radius 3 is 2.47 bits per heavy atom. The van der Waals surface area contributed by atoms with Crippen molar-refractivity contribution in [2.24, 2.45) is 0 Å². The molecule has 1 N–H and O–H groups in total. The molecule has 236 valence electrons. The lowest BCUT2D eigenvalue weighted by Crippen LogP contribution is -2.44. The van der Waals surface area contributed by atoms with Gasteiger partial charge in [0.05, 0.1) is 30.5 Å².